The number of nitrogens with one attached hydrogen (secondary N) is 1. The Labute approximate surface area is 222 Å². The van der Waals surface area contributed by atoms with E-state index in [0.717, 1.165) is 0 Å². The number of carbonyl (C=O) groups is 3. The molecule has 0 saturated carbocycles. The van der Waals surface area contributed by atoms with Gasteiger partial charge in [-0.05, 0) is 43.7 Å². The molecule has 2 atom stereocenters. The van der Waals surface area contributed by atoms with Gasteiger partial charge in [-0.25, -0.2) is 14.0 Å². The summed E-state index contributed by atoms with van der Waals surface area (Å²) in [6.07, 6.45) is 1.59. The number of halogens is 1. The van der Waals surface area contributed by atoms with Crippen LogP contribution in [0.5, 0.6) is 0 Å². The first-order valence-corrected chi connectivity index (χ1v) is 12.8. The van der Waals surface area contributed by atoms with E-state index in [1.807, 2.05) is 30.0 Å². The van der Waals surface area contributed by atoms with Crippen molar-refractivity contribution in [3.05, 3.63) is 95.5 Å². The quantitative estimate of drug-likeness (QED) is 0.424. The lowest BCUT2D eigenvalue weighted by Gasteiger charge is -2.43. The van der Waals surface area contributed by atoms with Crippen LogP contribution in [0.2, 0.25) is 0 Å². The number of esters is 1. The first-order chi connectivity index (χ1) is 18.3. The maximum atomic E-state index is 14.1. The predicted molar refractivity (Wildman–Crippen MR) is 142 cm³/mol. The first kappa shape index (κ1) is 27.1. The number of piperazine rings is 1. The van der Waals surface area contributed by atoms with E-state index < -0.39 is 23.9 Å². The Morgan fingerprint density at radius 1 is 1.16 bits per heavy atom. The Hall–Kier alpha value is -3.98. The fourth-order valence-electron chi connectivity index (χ4n) is 5.02. The third-order valence-corrected chi connectivity index (χ3v) is 6.79. The zero-order valence-corrected chi connectivity index (χ0v) is 21.7. The van der Waals surface area contributed by atoms with E-state index in [1.165, 1.54) is 17.0 Å². The monoisotopic (exact) mass is 520 g/mol. The highest BCUT2D eigenvalue weighted by molar-refractivity contribution is 5.95. The second-order valence-corrected chi connectivity index (χ2v) is 9.37. The van der Waals surface area contributed by atoms with Crippen LogP contribution in [0.25, 0.3) is 0 Å². The lowest BCUT2D eigenvalue weighted by molar-refractivity contribution is -0.139. The second-order valence-electron chi connectivity index (χ2n) is 9.37. The van der Waals surface area contributed by atoms with Gasteiger partial charge in [-0.15, -0.1) is 6.58 Å². The average molecular weight is 521 g/mol. The van der Waals surface area contributed by atoms with Gasteiger partial charge in [-0.1, -0.05) is 36.4 Å². The van der Waals surface area contributed by atoms with Gasteiger partial charge in [-0.3, -0.25) is 14.6 Å². The highest BCUT2D eigenvalue weighted by Gasteiger charge is 2.39. The molecule has 0 radical (unpaired) electrons. The maximum absolute atomic E-state index is 14.1. The number of amides is 3. The molecule has 2 aromatic rings. The summed E-state index contributed by atoms with van der Waals surface area (Å²) in [7, 11) is 0. The van der Waals surface area contributed by atoms with Crippen LogP contribution < -0.4 is 5.32 Å². The summed E-state index contributed by atoms with van der Waals surface area (Å²) >= 11 is 0. The fraction of sp³-hybridized carbons (Fsp3) is 0.345. The standard InChI is InChI=1S/C29H33FN4O4/c1-4-14-34-24(19-32-15-16-33(20(3)18-32)27(35)21-10-7-6-8-11-21)25(28(36)38-5-2)26(31-29(34)37)22-12-9-13-23(30)17-22/h4,6-13,17,20,26H,1,5,14-16,18-19H2,2-3H3,(H,31,37). The van der Waals surface area contributed by atoms with E-state index in [0.29, 0.717) is 36.5 Å². The van der Waals surface area contributed by atoms with Crippen molar-refractivity contribution < 1.29 is 23.5 Å². The maximum Gasteiger partial charge on any atom is 0.338 e. The molecular formula is C29H33FN4O4. The minimum atomic E-state index is -0.869. The van der Waals surface area contributed by atoms with Gasteiger partial charge in [0.05, 0.1) is 18.2 Å². The summed E-state index contributed by atoms with van der Waals surface area (Å²) in [5, 5.41) is 2.84. The third-order valence-electron chi connectivity index (χ3n) is 6.79. The lowest BCUT2D eigenvalue weighted by atomic mass is 9.93. The summed E-state index contributed by atoms with van der Waals surface area (Å²) < 4.78 is 19.5. The minimum Gasteiger partial charge on any atom is -0.463 e. The van der Waals surface area contributed by atoms with E-state index in [1.54, 1.807) is 37.3 Å². The Morgan fingerprint density at radius 2 is 1.92 bits per heavy atom. The fourth-order valence-corrected chi connectivity index (χ4v) is 5.02. The molecule has 2 unspecified atom stereocenters. The van der Waals surface area contributed by atoms with Gasteiger partial charge in [0.15, 0.2) is 0 Å². The number of hydrogen-bond acceptors (Lipinski definition) is 5. The van der Waals surface area contributed by atoms with Gasteiger partial charge in [0.1, 0.15) is 5.82 Å². The van der Waals surface area contributed by atoms with Gasteiger partial charge >= 0.3 is 12.0 Å². The van der Waals surface area contributed by atoms with Crippen LogP contribution in [0.1, 0.15) is 35.8 Å². The molecule has 2 heterocycles. The largest absolute Gasteiger partial charge is 0.463 e. The summed E-state index contributed by atoms with van der Waals surface area (Å²) in [4.78, 5) is 45.0. The normalized spacial score (nSPS) is 20.2. The van der Waals surface area contributed by atoms with Crippen molar-refractivity contribution in [3.63, 3.8) is 0 Å². The molecule has 2 aliphatic rings. The Morgan fingerprint density at radius 3 is 2.58 bits per heavy atom. The van der Waals surface area contributed by atoms with E-state index in [2.05, 4.69) is 16.8 Å². The summed E-state index contributed by atoms with van der Waals surface area (Å²) in [6, 6.07) is 13.6. The van der Waals surface area contributed by atoms with Crippen molar-refractivity contribution in [2.24, 2.45) is 0 Å². The van der Waals surface area contributed by atoms with Crippen LogP contribution in [0.4, 0.5) is 9.18 Å². The van der Waals surface area contributed by atoms with Gasteiger partial charge < -0.3 is 15.0 Å². The van der Waals surface area contributed by atoms with Crippen LogP contribution in [-0.4, -0.2) is 78.0 Å². The van der Waals surface area contributed by atoms with Crippen LogP contribution in [0, 0.1) is 5.82 Å². The molecule has 1 saturated heterocycles. The molecule has 2 aliphatic heterocycles. The molecule has 0 bridgehead atoms. The molecule has 9 heteroatoms. The lowest BCUT2D eigenvalue weighted by Crippen LogP contribution is -2.56. The number of benzene rings is 2. The summed E-state index contributed by atoms with van der Waals surface area (Å²) in [5.74, 6) is -1.07. The molecule has 38 heavy (non-hydrogen) atoms. The van der Waals surface area contributed by atoms with Gasteiger partial charge in [0.25, 0.3) is 5.91 Å². The Kier molecular flexibility index (Phi) is 8.58. The SMILES string of the molecule is C=CCN1C(=O)NC(c2cccc(F)c2)C(C(=O)OCC)=C1CN1CCN(C(=O)c2ccccc2)C(C)C1. The van der Waals surface area contributed by atoms with Crippen LogP contribution in [0.3, 0.4) is 0 Å². The van der Waals surface area contributed by atoms with Crippen molar-refractivity contribution in [1.29, 1.82) is 0 Å². The van der Waals surface area contributed by atoms with Gasteiger partial charge in [-0.2, -0.15) is 0 Å². The molecule has 8 nitrogen and oxygen atoms in total. The van der Waals surface area contributed by atoms with Crippen molar-refractivity contribution in [2.75, 3.05) is 39.3 Å². The smallest absolute Gasteiger partial charge is 0.338 e. The molecule has 1 N–H and O–H groups in total. The Balaban J connectivity index is 1.66. The zero-order valence-electron chi connectivity index (χ0n) is 21.7. The predicted octanol–water partition coefficient (Wildman–Crippen LogP) is 3.74. The topological polar surface area (TPSA) is 82.2 Å². The zero-order chi connectivity index (χ0) is 27.2. The molecule has 0 spiro atoms. The van der Waals surface area contributed by atoms with Crippen molar-refractivity contribution >= 4 is 17.9 Å². The Bertz CT molecular complexity index is 1230. The van der Waals surface area contributed by atoms with E-state index >= 15 is 0 Å². The molecule has 0 aliphatic carbocycles. The molecular weight excluding hydrogens is 487 g/mol. The summed E-state index contributed by atoms with van der Waals surface area (Å²) in [6.45, 7) is 9.67. The highest BCUT2D eigenvalue weighted by atomic mass is 19.1. The summed E-state index contributed by atoms with van der Waals surface area (Å²) in [5.41, 5.74) is 1.83. The molecule has 1 fully saturated rings. The highest BCUT2D eigenvalue weighted by Crippen LogP contribution is 2.33. The number of ether oxygens (including phenoxy) is 1. The van der Waals surface area contributed by atoms with Crippen molar-refractivity contribution in [2.45, 2.75) is 25.9 Å². The number of urea groups is 1. The van der Waals surface area contributed by atoms with Gasteiger partial charge in [0.2, 0.25) is 0 Å². The van der Waals surface area contributed by atoms with Crippen molar-refractivity contribution in [1.82, 2.24) is 20.0 Å². The van der Waals surface area contributed by atoms with Crippen LogP contribution in [0.15, 0.2) is 78.5 Å². The number of hydrogen-bond donors (Lipinski definition) is 1. The van der Waals surface area contributed by atoms with Crippen LogP contribution >= 0.6 is 0 Å². The first-order valence-electron chi connectivity index (χ1n) is 12.8. The van der Waals surface area contributed by atoms with E-state index in [9.17, 15) is 18.8 Å². The number of carbonyl (C=O) groups excluding carboxylic acids is 3. The third kappa shape index (κ3) is 5.78. The van der Waals surface area contributed by atoms with Crippen molar-refractivity contribution in [3.8, 4) is 0 Å². The molecule has 4 rings (SSSR count). The number of rotatable bonds is 8. The van der Waals surface area contributed by atoms with Crippen LogP contribution in [-0.2, 0) is 9.53 Å². The second kappa shape index (κ2) is 12.0. The van der Waals surface area contributed by atoms with E-state index in [-0.39, 0.29) is 37.2 Å². The minimum absolute atomic E-state index is 0.0272. The number of nitrogens with zero attached hydrogens (tertiary/aromatic N) is 3. The average Bonchev–Trinajstić information content (AvgIpc) is 2.91. The van der Waals surface area contributed by atoms with E-state index in [4.69, 9.17) is 4.74 Å². The molecule has 200 valence electrons. The molecule has 3 amide bonds. The molecule has 2 aromatic carbocycles. The molecule has 0 aromatic heterocycles. The van der Waals surface area contributed by atoms with Gasteiger partial charge in [0, 0.05) is 50.0 Å².